The number of halogens is 1. The Morgan fingerprint density at radius 2 is 2.29 bits per heavy atom. The first-order valence-corrected chi connectivity index (χ1v) is 6.86. The molecule has 0 saturated carbocycles. The van der Waals surface area contributed by atoms with Crippen LogP contribution in [0.5, 0.6) is 0 Å². The molecule has 1 aromatic carbocycles. The maximum atomic E-state index is 13.7. The Hall–Kier alpha value is -1.90. The summed E-state index contributed by atoms with van der Waals surface area (Å²) in [6.07, 6.45) is 0.338. The Morgan fingerprint density at radius 1 is 1.52 bits per heavy atom. The largest absolute Gasteiger partial charge is 0.395 e. The van der Waals surface area contributed by atoms with Crippen LogP contribution in [0.1, 0.15) is 36.2 Å². The fourth-order valence-corrected chi connectivity index (χ4v) is 1.64. The molecule has 2 N–H and O–H groups in total. The third-order valence-corrected chi connectivity index (χ3v) is 2.63. The molecule has 114 valence electrons. The summed E-state index contributed by atoms with van der Waals surface area (Å²) < 4.78 is 18.9. The van der Waals surface area contributed by atoms with E-state index in [4.69, 9.17) is 9.84 Å². The lowest BCUT2D eigenvalue weighted by molar-refractivity contribution is 0.0868. The van der Waals surface area contributed by atoms with Crippen LogP contribution in [0.4, 0.5) is 4.39 Å². The van der Waals surface area contributed by atoms with Crippen molar-refractivity contribution in [1.29, 1.82) is 0 Å². The van der Waals surface area contributed by atoms with Crippen LogP contribution in [0.15, 0.2) is 18.2 Å². The Bertz CT molecular complexity index is 534. The van der Waals surface area contributed by atoms with Crippen molar-refractivity contribution in [3.8, 4) is 11.8 Å². The lowest BCUT2D eigenvalue weighted by Crippen LogP contribution is -2.36. The summed E-state index contributed by atoms with van der Waals surface area (Å²) >= 11 is 0. The van der Waals surface area contributed by atoms with Gasteiger partial charge in [-0.3, -0.25) is 4.79 Å². The standard InChI is InChI=1S/C16H20FNO3/c1-3-21-11-12(2)18-16(20)14-10-13(6-4-5-9-19)7-8-15(14)17/h7-8,10,12,19H,3,5,9,11H2,1-2H3,(H,18,20). The Labute approximate surface area is 124 Å². The van der Waals surface area contributed by atoms with E-state index in [-0.39, 0.29) is 18.2 Å². The summed E-state index contributed by atoms with van der Waals surface area (Å²) in [5.41, 5.74) is 0.488. The van der Waals surface area contributed by atoms with Crippen LogP contribution in [0.3, 0.4) is 0 Å². The number of ether oxygens (including phenoxy) is 1. The predicted octanol–water partition coefficient (Wildman–Crippen LogP) is 1.71. The summed E-state index contributed by atoms with van der Waals surface area (Å²) in [6, 6.07) is 3.91. The van der Waals surface area contributed by atoms with Gasteiger partial charge in [0.05, 0.1) is 18.8 Å². The van der Waals surface area contributed by atoms with Crippen molar-refractivity contribution in [2.45, 2.75) is 26.3 Å². The summed E-state index contributed by atoms with van der Waals surface area (Å²) in [5.74, 6) is 4.42. The van der Waals surface area contributed by atoms with E-state index in [0.29, 0.717) is 25.2 Å². The van der Waals surface area contributed by atoms with Gasteiger partial charge in [-0.05, 0) is 32.0 Å². The molecule has 0 radical (unpaired) electrons. The van der Waals surface area contributed by atoms with Gasteiger partial charge in [-0.25, -0.2) is 4.39 Å². The molecule has 21 heavy (non-hydrogen) atoms. The van der Waals surface area contributed by atoms with Gasteiger partial charge in [0.1, 0.15) is 5.82 Å². The number of hydrogen-bond acceptors (Lipinski definition) is 3. The molecule has 0 fully saturated rings. The molecule has 0 aliphatic heterocycles. The molecule has 4 nitrogen and oxygen atoms in total. The van der Waals surface area contributed by atoms with Gasteiger partial charge < -0.3 is 15.2 Å². The normalized spacial score (nSPS) is 11.4. The Balaban J connectivity index is 2.79. The number of nitrogens with one attached hydrogen (secondary N) is 1. The van der Waals surface area contributed by atoms with Crippen molar-refractivity contribution in [3.05, 3.63) is 35.1 Å². The molecule has 1 amide bonds. The van der Waals surface area contributed by atoms with Gasteiger partial charge in [-0.15, -0.1) is 0 Å². The maximum absolute atomic E-state index is 13.7. The number of benzene rings is 1. The van der Waals surface area contributed by atoms with Crippen LogP contribution < -0.4 is 5.32 Å². The number of carbonyl (C=O) groups excluding carboxylic acids is 1. The summed E-state index contributed by atoms with van der Waals surface area (Å²) in [6.45, 7) is 4.56. The van der Waals surface area contributed by atoms with Gasteiger partial charge >= 0.3 is 0 Å². The molecular weight excluding hydrogens is 273 g/mol. The SMILES string of the molecule is CCOCC(C)NC(=O)c1cc(C#CCCO)ccc1F. The van der Waals surface area contributed by atoms with Gasteiger partial charge in [0.15, 0.2) is 0 Å². The minimum Gasteiger partial charge on any atom is -0.395 e. The lowest BCUT2D eigenvalue weighted by Gasteiger charge is -2.14. The first-order chi connectivity index (χ1) is 10.1. The van der Waals surface area contributed by atoms with E-state index in [2.05, 4.69) is 17.2 Å². The fraction of sp³-hybridized carbons (Fsp3) is 0.438. The molecule has 0 heterocycles. The van der Waals surface area contributed by atoms with E-state index in [1.165, 1.54) is 18.2 Å². The third kappa shape index (κ3) is 5.94. The maximum Gasteiger partial charge on any atom is 0.254 e. The van der Waals surface area contributed by atoms with Crippen molar-refractivity contribution in [3.63, 3.8) is 0 Å². The minimum absolute atomic E-state index is 0.0313. The predicted molar refractivity (Wildman–Crippen MR) is 78.4 cm³/mol. The van der Waals surface area contributed by atoms with E-state index >= 15 is 0 Å². The van der Waals surface area contributed by atoms with Gasteiger partial charge in [0.2, 0.25) is 0 Å². The van der Waals surface area contributed by atoms with E-state index in [1.54, 1.807) is 6.92 Å². The molecule has 0 aliphatic rings. The monoisotopic (exact) mass is 293 g/mol. The fourth-order valence-electron chi connectivity index (χ4n) is 1.64. The van der Waals surface area contributed by atoms with E-state index < -0.39 is 11.7 Å². The molecule has 0 aliphatic carbocycles. The highest BCUT2D eigenvalue weighted by atomic mass is 19.1. The average Bonchev–Trinajstić information content (AvgIpc) is 2.47. The zero-order valence-electron chi connectivity index (χ0n) is 12.3. The third-order valence-electron chi connectivity index (χ3n) is 2.63. The molecule has 0 bridgehead atoms. The molecule has 1 unspecified atom stereocenters. The number of aliphatic hydroxyl groups excluding tert-OH is 1. The summed E-state index contributed by atoms with van der Waals surface area (Å²) in [7, 11) is 0. The second kappa shape index (κ2) is 9.11. The second-order valence-corrected chi connectivity index (χ2v) is 4.50. The van der Waals surface area contributed by atoms with Gasteiger partial charge in [0.25, 0.3) is 5.91 Å². The molecule has 5 heteroatoms. The topological polar surface area (TPSA) is 58.6 Å². The number of rotatable bonds is 6. The number of aliphatic hydroxyl groups is 1. The van der Waals surface area contributed by atoms with Gasteiger partial charge in [-0.2, -0.15) is 0 Å². The van der Waals surface area contributed by atoms with Gasteiger partial charge in [-0.1, -0.05) is 11.8 Å². The smallest absolute Gasteiger partial charge is 0.254 e. The Kier molecular flexibility index (Phi) is 7.44. The van der Waals surface area contributed by atoms with Crippen LogP contribution in [0, 0.1) is 17.7 Å². The highest BCUT2D eigenvalue weighted by Crippen LogP contribution is 2.10. The van der Waals surface area contributed by atoms with Crippen molar-refractivity contribution in [2.75, 3.05) is 19.8 Å². The Morgan fingerprint density at radius 3 is 2.95 bits per heavy atom. The number of carbonyl (C=O) groups is 1. The van der Waals surface area contributed by atoms with Crippen molar-refractivity contribution < 1.29 is 19.0 Å². The van der Waals surface area contributed by atoms with Crippen LogP contribution >= 0.6 is 0 Å². The molecule has 1 atom stereocenters. The van der Waals surface area contributed by atoms with Crippen LogP contribution in [-0.2, 0) is 4.74 Å². The first-order valence-electron chi connectivity index (χ1n) is 6.86. The van der Waals surface area contributed by atoms with Crippen LogP contribution in [0.2, 0.25) is 0 Å². The number of hydrogen-bond donors (Lipinski definition) is 2. The van der Waals surface area contributed by atoms with Gasteiger partial charge in [0, 0.05) is 24.6 Å². The summed E-state index contributed by atoms with van der Waals surface area (Å²) in [5, 5.41) is 11.3. The van der Waals surface area contributed by atoms with Crippen molar-refractivity contribution >= 4 is 5.91 Å². The molecule has 0 saturated heterocycles. The second-order valence-electron chi connectivity index (χ2n) is 4.50. The lowest BCUT2D eigenvalue weighted by atomic mass is 10.1. The highest BCUT2D eigenvalue weighted by Gasteiger charge is 2.14. The highest BCUT2D eigenvalue weighted by molar-refractivity contribution is 5.95. The van der Waals surface area contributed by atoms with E-state index in [0.717, 1.165) is 0 Å². The zero-order chi connectivity index (χ0) is 15.7. The molecule has 1 aromatic rings. The average molecular weight is 293 g/mol. The van der Waals surface area contributed by atoms with Crippen LogP contribution in [-0.4, -0.2) is 36.9 Å². The molecule has 1 rings (SSSR count). The quantitative estimate of drug-likeness (QED) is 0.785. The zero-order valence-corrected chi connectivity index (χ0v) is 12.3. The molecular formula is C16H20FNO3. The summed E-state index contributed by atoms with van der Waals surface area (Å²) in [4.78, 5) is 12.0. The van der Waals surface area contributed by atoms with Crippen molar-refractivity contribution in [1.82, 2.24) is 5.32 Å². The molecule has 0 aromatic heterocycles. The van der Waals surface area contributed by atoms with E-state index in [9.17, 15) is 9.18 Å². The van der Waals surface area contributed by atoms with E-state index in [1.807, 2.05) is 6.92 Å². The molecule has 0 spiro atoms. The van der Waals surface area contributed by atoms with Crippen LogP contribution in [0.25, 0.3) is 0 Å². The first kappa shape index (κ1) is 17.2. The number of amides is 1. The minimum atomic E-state index is -0.594. The van der Waals surface area contributed by atoms with Crippen molar-refractivity contribution in [2.24, 2.45) is 0 Å².